The van der Waals surface area contributed by atoms with E-state index >= 15 is 0 Å². The number of aromatic nitrogens is 1. The summed E-state index contributed by atoms with van der Waals surface area (Å²) in [4.78, 5) is 22.1. The van der Waals surface area contributed by atoms with Gasteiger partial charge in [-0.3, -0.25) is 4.98 Å². The number of hydrogen-bond acceptors (Lipinski definition) is 3. The number of benzene rings is 1. The third-order valence-electron chi connectivity index (χ3n) is 3.15. The van der Waals surface area contributed by atoms with Gasteiger partial charge in [0.1, 0.15) is 5.75 Å². The SMILES string of the molecule is [C-]#[N+]c1cc(-c2cc(C(=O)O)ccn2)cc([N+]#[C-])c1OCC(C)C. The number of pyridine rings is 1. The van der Waals surface area contributed by atoms with E-state index in [1.54, 1.807) is 12.1 Å². The first kappa shape index (κ1) is 17.0. The lowest BCUT2D eigenvalue weighted by molar-refractivity contribution is 0.0697. The molecule has 0 atom stereocenters. The zero-order valence-corrected chi connectivity index (χ0v) is 13.3. The number of carboxylic acid groups (broad SMARTS) is 1. The Morgan fingerprint density at radius 3 is 2.38 bits per heavy atom. The normalized spacial score (nSPS) is 10.0. The molecule has 2 aromatic rings. The van der Waals surface area contributed by atoms with Gasteiger partial charge in [-0.1, -0.05) is 13.8 Å². The average molecular weight is 321 g/mol. The molecule has 1 aromatic carbocycles. The smallest absolute Gasteiger partial charge is 0.335 e. The van der Waals surface area contributed by atoms with Gasteiger partial charge in [-0.15, -0.1) is 0 Å². The lowest BCUT2D eigenvalue weighted by Crippen LogP contribution is -2.04. The first-order chi connectivity index (χ1) is 11.5. The third kappa shape index (κ3) is 3.68. The number of nitrogens with zero attached hydrogens (tertiary/aromatic N) is 3. The van der Waals surface area contributed by atoms with Crippen molar-refractivity contribution in [1.29, 1.82) is 0 Å². The molecule has 2 rings (SSSR count). The fourth-order valence-electron chi connectivity index (χ4n) is 2.03. The Balaban J connectivity index is 2.54. The zero-order valence-electron chi connectivity index (χ0n) is 13.3. The standard InChI is InChI=1S/C18H15N3O3/c1-11(2)10-24-17-15(19-3)8-13(9-16(17)20-4)14-7-12(18(22)23)5-6-21-14/h5-9,11H,10H2,1-2H3,(H,22,23). The number of carboxylic acids is 1. The molecule has 0 fully saturated rings. The van der Waals surface area contributed by atoms with Crippen molar-refractivity contribution in [2.45, 2.75) is 13.8 Å². The molecule has 6 nitrogen and oxygen atoms in total. The summed E-state index contributed by atoms with van der Waals surface area (Å²) in [6, 6.07) is 5.92. The molecule has 6 heteroatoms. The molecule has 0 saturated carbocycles. The summed E-state index contributed by atoms with van der Waals surface area (Å²) < 4.78 is 5.62. The van der Waals surface area contributed by atoms with Crippen LogP contribution in [0.1, 0.15) is 24.2 Å². The topological polar surface area (TPSA) is 68.1 Å². The fraction of sp³-hybridized carbons (Fsp3) is 0.222. The van der Waals surface area contributed by atoms with Gasteiger partial charge in [-0.05, 0) is 35.7 Å². The van der Waals surface area contributed by atoms with E-state index in [2.05, 4.69) is 14.7 Å². The highest BCUT2D eigenvalue weighted by Gasteiger charge is 2.15. The van der Waals surface area contributed by atoms with Gasteiger partial charge in [0.15, 0.2) is 0 Å². The van der Waals surface area contributed by atoms with E-state index in [0.717, 1.165) is 0 Å². The van der Waals surface area contributed by atoms with E-state index in [-0.39, 0.29) is 28.6 Å². The molecule has 0 aliphatic carbocycles. The summed E-state index contributed by atoms with van der Waals surface area (Å²) in [5.74, 6) is -0.547. The second-order valence-corrected chi connectivity index (χ2v) is 5.51. The van der Waals surface area contributed by atoms with Crippen molar-refractivity contribution in [3.63, 3.8) is 0 Å². The van der Waals surface area contributed by atoms with Gasteiger partial charge >= 0.3 is 5.97 Å². The Morgan fingerprint density at radius 2 is 1.88 bits per heavy atom. The van der Waals surface area contributed by atoms with Crippen molar-refractivity contribution in [2.75, 3.05) is 6.61 Å². The van der Waals surface area contributed by atoms with Crippen LogP contribution in [0.4, 0.5) is 11.4 Å². The van der Waals surface area contributed by atoms with Crippen LogP contribution in [-0.4, -0.2) is 22.7 Å². The lowest BCUT2D eigenvalue weighted by Gasteiger charge is -2.13. The van der Waals surface area contributed by atoms with Gasteiger partial charge in [-0.2, -0.15) is 0 Å². The molecule has 0 radical (unpaired) electrons. The van der Waals surface area contributed by atoms with Crippen molar-refractivity contribution in [3.8, 4) is 17.0 Å². The van der Waals surface area contributed by atoms with Crippen LogP contribution >= 0.6 is 0 Å². The maximum absolute atomic E-state index is 11.1. The molecule has 0 spiro atoms. The van der Waals surface area contributed by atoms with Crippen molar-refractivity contribution < 1.29 is 14.6 Å². The lowest BCUT2D eigenvalue weighted by atomic mass is 10.1. The first-order valence-electron chi connectivity index (χ1n) is 7.21. The maximum Gasteiger partial charge on any atom is 0.335 e. The first-order valence-corrected chi connectivity index (χ1v) is 7.21. The van der Waals surface area contributed by atoms with Crippen molar-refractivity contribution in [1.82, 2.24) is 4.98 Å². The summed E-state index contributed by atoms with van der Waals surface area (Å²) in [5, 5.41) is 9.08. The van der Waals surface area contributed by atoms with Gasteiger partial charge in [0.25, 0.3) is 0 Å². The number of aromatic carboxylic acids is 1. The molecule has 1 aromatic heterocycles. The zero-order chi connectivity index (χ0) is 17.7. The second kappa shape index (κ2) is 7.26. The van der Waals surface area contributed by atoms with E-state index in [0.29, 0.717) is 17.9 Å². The second-order valence-electron chi connectivity index (χ2n) is 5.51. The van der Waals surface area contributed by atoms with Crippen molar-refractivity contribution >= 4 is 17.3 Å². The molecule has 1 N–H and O–H groups in total. The highest BCUT2D eigenvalue weighted by Crippen LogP contribution is 2.41. The van der Waals surface area contributed by atoms with E-state index in [1.165, 1.54) is 18.3 Å². The van der Waals surface area contributed by atoms with E-state index in [9.17, 15) is 4.79 Å². The molecule has 0 unspecified atom stereocenters. The van der Waals surface area contributed by atoms with Crippen molar-refractivity contribution in [2.24, 2.45) is 5.92 Å². The summed E-state index contributed by atoms with van der Waals surface area (Å²) in [6.45, 7) is 19.0. The predicted octanol–water partition coefficient (Wildman–Crippen LogP) is 4.58. The fourth-order valence-corrected chi connectivity index (χ4v) is 2.03. The molecule has 120 valence electrons. The van der Waals surface area contributed by atoms with Crippen molar-refractivity contribution in [3.05, 3.63) is 58.9 Å². The number of ether oxygens (including phenoxy) is 1. The summed E-state index contributed by atoms with van der Waals surface area (Å²) in [5.41, 5.74) is 1.41. The predicted molar refractivity (Wildman–Crippen MR) is 89.5 cm³/mol. The minimum atomic E-state index is -1.06. The molecular formula is C18H15N3O3. The molecular weight excluding hydrogens is 306 g/mol. The Kier molecular flexibility index (Phi) is 5.13. The average Bonchev–Trinajstić information content (AvgIpc) is 2.59. The Morgan fingerprint density at radius 1 is 1.25 bits per heavy atom. The van der Waals surface area contributed by atoms with Gasteiger partial charge in [-0.25, -0.2) is 14.5 Å². The highest BCUT2D eigenvalue weighted by molar-refractivity contribution is 5.89. The number of carbonyl (C=O) groups is 1. The van der Waals surface area contributed by atoms with Crippen LogP contribution in [0.3, 0.4) is 0 Å². The molecule has 0 saturated heterocycles. The van der Waals surface area contributed by atoms with Crippen LogP contribution in [-0.2, 0) is 0 Å². The minimum absolute atomic E-state index is 0.0915. The van der Waals surface area contributed by atoms with E-state index in [1.807, 2.05) is 13.8 Å². The van der Waals surface area contributed by atoms with Crippen LogP contribution in [0.15, 0.2) is 30.5 Å². The minimum Gasteiger partial charge on any atom is -0.515 e. The molecule has 0 aliphatic rings. The molecule has 0 amide bonds. The van der Waals surface area contributed by atoms with Crippen LogP contribution in [0.25, 0.3) is 20.9 Å². The molecule has 0 bridgehead atoms. The van der Waals surface area contributed by atoms with E-state index < -0.39 is 5.97 Å². The van der Waals surface area contributed by atoms with Crippen LogP contribution in [0.5, 0.6) is 5.75 Å². The largest absolute Gasteiger partial charge is 0.515 e. The van der Waals surface area contributed by atoms with Gasteiger partial charge in [0, 0.05) is 6.20 Å². The summed E-state index contributed by atoms with van der Waals surface area (Å²) >= 11 is 0. The quantitative estimate of drug-likeness (QED) is 0.818. The number of rotatable bonds is 5. The van der Waals surface area contributed by atoms with Crippen LogP contribution in [0, 0.1) is 19.1 Å². The van der Waals surface area contributed by atoms with Gasteiger partial charge in [0.05, 0.1) is 31.0 Å². The molecule has 1 heterocycles. The van der Waals surface area contributed by atoms with Crippen LogP contribution in [0.2, 0.25) is 0 Å². The number of hydrogen-bond donors (Lipinski definition) is 1. The third-order valence-corrected chi connectivity index (χ3v) is 3.15. The van der Waals surface area contributed by atoms with Gasteiger partial charge in [0.2, 0.25) is 11.4 Å². The molecule has 0 aliphatic heterocycles. The monoisotopic (exact) mass is 321 g/mol. The summed E-state index contributed by atoms with van der Waals surface area (Å²) in [6.07, 6.45) is 1.39. The van der Waals surface area contributed by atoms with Crippen LogP contribution < -0.4 is 4.74 Å². The van der Waals surface area contributed by atoms with E-state index in [4.69, 9.17) is 23.0 Å². The Hall–Kier alpha value is -3.38. The highest BCUT2D eigenvalue weighted by atomic mass is 16.5. The summed E-state index contributed by atoms with van der Waals surface area (Å²) in [7, 11) is 0. The molecule has 24 heavy (non-hydrogen) atoms. The van der Waals surface area contributed by atoms with Gasteiger partial charge < -0.3 is 9.84 Å². The maximum atomic E-state index is 11.1. The Labute approximate surface area is 140 Å². The Bertz CT molecular complexity index is 826.